The predicted molar refractivity (Wildman–Crippen MR) is 50.4 cm³/mol. The van der Waals surface area contributed by atoms with Crippen molar-refractivity contribution < 1.29 is 18.1 Å². The van der Waals surface area contributed by atoms with E-state index in [1.807, 2.05) is 0 Å². The Morgan fingerprint density at radius 3 is 2.38 bits per heavy atom. The lowest BCUT2D eigenvalue weighted by Gasteiger charge is -2.03. The van der Waals surface area contributed by atoms with E-state index < -0.39 is 20.8 Å². The highest BCUT2D eigenvalue weighted by molar-refractivity contribution is 9.10. The number of hydrogen-bond donors (Lipinski definition) is 2. The molecule has 6 heteroatoms. The standard InChI is InChI=1S/C7H7BrO4S/c1-4-2-6(9)7(3-5(4)8)13(10,11)12/h2-3,9H,1H3,(H,10,11,12). The third-order valence-corrected chi connectivity index (χ3v) is 3.26. The molecule has 0 radical (unpaired) electrons. The van der Waals surface area contributed by atoms with Crippen molar-refractivity contribution in [2.75, 3.05) is 0 Å². The zero-order valence-electron chi connectivity index (χ0n) is 6.65. The largest absolute Gasteiger partial charge is 0.506 e. The summed E-state index contributed by atoms with van der Waals surface area (Å²) in [6.07, 6.45) is 0. The molecule has 0 saturated heterocycles. The molecule has 13 heavy (non-hydrogen) atoms. The average Bonchev–Trinajstić information content (AvgIpc) is 1.94. The summed E-state index contributed by atoms with van der Waals surface area (Å²) in [5.74, 6) is -0.455. The molecule has 0 aliphatic carbocycles. The molecule has 1 rings (SSSR count). The molecule has 72 valence electrons. The number of benzene rings is 1. The molecule has 0 saturated carbocycles. The van der Waals surface area contributed by atoms with Crippen molar-refractivity contribution in [1.82, 2.24) is 0 Å². The van der Waals surface area contributed by atoms with Gasteiger partial charge in [-0.1, -0.05) is 15.9 Å². The summed E-state index contributed by atoms with van der Waals surface area (Å²) < 4.78 is 30.6. The minimum atomic E-state index is -4.35. The molecule has 0 amide bonds. The van der Waals surface area contributed by atoms with Gasteiger partial charge in [0.25, 0.3) is 10.1 Å². The first kappa shape index (κ1) is 10.5. The van der Waals surface area contributed by atoms with E-state index in [0.29, 0.717) is 10.0 Å². The second kappa shape index (κ2) is 3.28. The van der Waals surface area contributed by atoms with E-state index >= 15 is 0 Å². The lowest BCUT2D eigenvalue weighted by Crippen LogP contribution is -1.98. The summed E-state index contributed by atoms with van der Waals surface area (Å²) in [6, 6.07) is 2.41. The van der Waals surface area contributed by atoms with E-state index in [2.05, 4.69) is 15.9 Å². The number of aromatic hydroxyl groups is 1. The molecule has 0 aliphatic heterocycles. The third-order valence-electron chi connectivity index (χ3n) is 1.52. The van der Waals surface area contributed by atoms with Crippen molar-refractivity contribution >= 4 is 26.0 Å². The Kier molecular flexibility index (Phi) is 2.65. The van der Waals surface area contributed by atoms with Gasteiger partial charge in [0.2, 0.25) is 0 Å². The van der Waals surface area contributed by atoms with Gasteiger partial charge in [0.05, 0.1) is 0 Å². The SMILES string of the molecule is Cc1cc(O)c(S(=O)(=O)O)cc1Br. The van der Waals surface area contributed by atoms with Crippen molar-refractivity contribution in [2.45, 2.75) is 11.8 Å². The smallest absolute Gasteiger partial charge is 0.298 e. The van der Waals surface area contributed by atoms with Crippen LogP contribution in [0.5, 0.6) is 5.75 Å². The van der Waals surface area contributed by atoms with Crippen molar-refractivity contribution in [2.24, 2.45) is 0 Å². The van der Waals surface area contributed by atoms with Gasteiger partial charge in [-0.15, -0.1) is 0 Å². The first-order valence-corrected chi connectivity index (χ1v) is 5.52. The van der Waals surface area contributed by atoms with Gasteiger partial charge in [-0.25, -0.2) is 0 Å². The van der Waals surface area contributed by atoms with E-state index in [1.54, 1.807) is 6.92 Å². The van der Waals surface area contributed by atoms with Crippen LogP contribution in [0.2, 0.25) is 0 Å². The van der Waals surface area contributed by atoms with Crippen LogP contribution in [0, 0.1) is 6.92 Å². The quantitative estimate of drug-likeness (QED) is 0.759. The zero-order valence-corrected chi connectivity index (χ0v) is 9.05. The van der Waals surface area contributed by atoms with Crippen molar-refractivity contribution in [3.05, 3.63) is 22.2 Å². The topological polar surface area (TPSA) is 74.6 Å². The van der Waals surface area contributed by atoms with Gasteiger partial charge >= 0.3 is 0 Å². The Labute approximate surface area is 84.1 Å². The fourth-order valence-corrected chi connectivity index (χ4v) is 1.94. The minimum Gasteiger partial charge on any atom is -0.506 e. The van der Waals surface area contributed by atoms with E-state index in [4.69, 9.17) is 4.55 Å². The molecule has 0 fully saturated rings. The number of phenolic OH excluding ortho intramolecular Hbond substituents is 1. The van der Waals surface area contributed by atoms with Crippen LogP contribution in [0.3, 0.4) is 0 Å². The molecule has 4 nitrogen and oxygen atoms in total. The molecular weight excluding hydrogens is 260 g/mol. The van der Waals surface area contributed by atoms with Crippen LogP contribution in [0.1, 0.15) is 5.56 Å². The predicted octanol–water partition coefficient (Wildman–Crippen LogP) is 1.71. The fourth-order valence-electron chi connectivity index (χ4n) is 0.855. The summed E-state index contributed by atoms with van der Waals surface area (Å²) in [4.78, 5) is -0.495. The van der Waals surface area contributed by atoms with E-state index in [1.165, 1.54) is 6.07 Å². The summed E-state index contributed by atoms with van der Waals surface area (Å²) in [5, 5.41) is 9.19. The molecule has 0 bridgehead atoms. The average molecular weight is 267 g/mol. The molecule has 0 spiro atoms. The first-order chi connectivity index (χ1) is 5.82. The molecule has 0 aromatic heterocycles. The lowest BCUT2D eigenvalue weighted by molar-refractivity contribution is 0.442. The van der Waals surface area contributed by atoms with Crippen molar-refractivity contribution in [3.63, 3.8) is 0 Å². The molecule has 1 aromatic carbocycles. The van der Waals surface area contributed by atoms with Crippen LogP contribution in [-0.4, -0.2) is 18.1 Å². The number of aryl methyl sites for hydroxylation is 1. The van der Waals surface area contributed by atoms with E-state index in [-0.39, 0.29) is 0 Å². The van der Waals surface area contributed by atoms with E-state index in [9.17, 15) is 13.5 Å². The minimum absolute atomic E-state index is 0.455. The maximum absolute atomic E-state index is 10.7. The normalized spacial score (nSPS) is 11.6. The Morgan fingerprint density at radius 2 is 1.92 bits per heavy atom. The van der Waals surface area contributed by atoms with Crippen LogP contribution >= 0.6 is 15.9 Å². The Morgan fingerprint density at radius 1 is 1.38 bits per heavy atom. The summed E-state index contributed by atoms with van der Waals surface area (Å²) >= 11 is 3.09. The highest BCUT2D eigenvalue weighted by atomic mass is 79.9. The molecule has 1 aromatic rings. The van der Waals surface area contributed by atoms with Gasteiger partial charge in [0, 0.05) is 4.47 Å². The van der Waals surface area contributed by atoms with Crippen LogP contribution < -0.4 is 0 Å². The van der Waals surface area contributed by atoms with Crippen LogP contribution in [0.4, 0.5) is 0 Å². The van der Waals surface area contributed by atoms with Crippen molar-refractivity contribution in [3.8, 4) is 5.75 Å². The fraction of sp³-hybridized carbons (Fsp3) is 0.143. The van der Waals surface area contributed by atoms with Gasteiger partial charge in [-0.05, 0) is 24.6 Å². The number of rotatable bonds is 1. The first-order valence-electron chi connectivity index (χ1n) is 3.29. The molecule has 0 atom stereocenters. The van der Waals surface area contributed by atoms with Gasteiger partial charge in [-0.3, -0.25) is 4.55 Å². The number of halogens is 1. The van der Waals surface area contributed by atoms with Gasteiger partial charge < -0.3 is 5.11 Å². The van der Waals surface area contributed by atoms with Crippen LogP contribution in [0.15, 0.2) is 21.5 Å². The van der Waals surface area contributed by atoms with Gasteiger partial charge in [-0.2, -0.15) is 8.42 Å². The number of phenols is 1. The van der Waals surface area contributed by atoms with Gasteiger partial charge in [0.15, 0.2) is 0 Å². The Balaban J connectivity index is 3.50. The molecule has 0 aliphatic rings. The maximum atomic E-state index is 10.7. The van der Waals surface area contributed by atoms with Crippen LogP contribution in [0.25, 0.3) is 0 Å². The lowest BCUT2D eigenvalue weighted by atomic mass is 10.2. The molecule has 0 heterocycles. The zero-order chi connectivity index (χ0) is 10.2. The highest BCUT2D eigenvalue weighted by Gasteiger charge is 2.16. The Hall–Kier alpha value is -0.590. The summed E-state index contributed by atoms with van der Waals surface area (Å²) in [7, 11) is -4.35. The molecule has 2 N–H and O–H groups in total. The maximum Gasteiger partial charge on any atom is 0.298 e. The number of hydrogen-bond acceptors (Lipinski definition) is 3. The monoisotopic (exact) mass is 266 g/mol. The van der Waals surface area contributed by atoms with Gasteiger partial charge in [0.1, 0.15) is 10.6 Å². The second-order valence-corrected chi connectivity index (χ2v) is 4.79. The summed E-state index contributed by atoms with van der Waals surface area (Å²) in [5.41, 5.74) is 0.685. The second-order valence-electron chi connectivity index (χ2n) is 2.54. The van der Waals surface area contributed by atoms with Crippen LogP contribution in [-0.2, 0) is 10.1 Å². The Bertz CT molecular complexity index is 438. The molecular formula is C7H7BrO4S. The summed E-state index contributed by atoms with van der Waals surface area (Å²) in [6.45, 7) is 1.69. The highest BCUT2D eigenvalue weighted by Crippen LogP contribution is 2.28. The van der Waals surface area contributed by atoms with Crippen molar-refractivity contribution in [1.29, 1.82) is 0 Å². The third kappa shape index (κ3) is 2.20. The van der Waals surface area contributed by atoms with E-state index in [0.717, 1.165) is 6.07 Å². The molecule has 0 unspecified atom stereocenters.